The predicted octanol–water partition coefficient (Wildman–Crippen LogP) is 7.42. The van der Waals surface area contributed by atoms with Gasteiger partial charge in [-0.15, -0.1) is 11.3 Å². The summed E-state index contributed by atoms with van der Waals surface area (Å²) in [6.07, 6.45) is 0.177. The molecule has 0 radical (unpaired) electrons. The molecule has 1 aliphatic heterocycles. The number of carbonyl (C=O) groups is 4. The van der Waals surface area contributed by atoms with E-state index in [0.717, 1.165) is 29.7 Å². The van der Waals surface area contributed by atoms with Crippen molar-refractivity contribution in [3.63, 3.8) is 0 Å². The molecule has 3 aliphatic carbocycles. The Kier molecular flexibility index (Phi) is 12.2. The molecule has 1 aromatic heterocycles. The molecule has 16 heteroatoms. The van der Waals surface area contributed by atoms with E-state index in [1.54, 1.807) is 65.1 Å². The van der Waals surface area contributed by atoms with E-state index in [-0.39, 0.29) is 46.9 Å². The zero-order valence-electron chi connectivity index (χ0n) is 34.9. The van der Waals surface area contributed by atoms with Crippen LogP contribution in [-0.4, -0.2) is 72.1 Å². The number of thiazole rings is 1. The van der Waals surface area contributed by atoms with Crippen LogP contribution in [-0.2, 0) is 41.3 Å². The van der Waals surface area contributed by atoms with Crippen molar-refractivity contribution in [1.82, 2.24) is 15.6 Å². The summed E-state index contributed by atoms with van der Waals surface area (Å²) in [7, 11) is 0.568. The Morgan fingerprint density at radius 2 is 1.64 bits per heavy atom. The highest BCUT2D eigenvalue weighted by Gasteiger charge is 2.68. The van der Waals surface area contributed by atoms with Gasteiger partial charge in [-0.25, -0.2) is 19.4 Å². The summed E-state index contributed by atoms with van der Waals surface area (Å²) in [5.41, 5.74) is -0.372. The van der Waals surface area contributed by atoms with Crippen LogP contribution in [0.25, 0.3) is 0 Å². The minimum absolute atomic E-state index is 0.0487. The number of amides is 3. The van der Waals surface area contributed by atoms with Gasteiger partial charge in [-0.1, -0.05) is 56.3 Å². The number of esters is 1. The van der Waals surface area contributed by atoms with Crippen molar-refractivity contribution in [2.45, 2.75) is 123 Å². The Bertz CT molecular complexity index is 2000. The maximum absolute atomic E-state index is 14.6. The van der Waals surface area contributed by atoms with Gasteiger partial charge >= 0.3 is 25.3 Å². The summed E-state index contributed by atoms with van der Waals surface area (Å²) < 4.78 is 36.0. The average Bonchev–Trinajstić information content (AvgIpc) is 3.75. The minimum Gasteiger partial charge on any atom is -0.496 e. The third kappa shape index (κ3) is 9.61. The van der Waals surface area contributed by atoms with Gasteiger partial charge in [0.05, 0.1) is 30.4 Å². The van der Waals surface area contributed by atoms with Crippen molar-refractivity contribution in [3.8, 4) is 5.75 Å². The summed E-state index contributed by atoms with van der Waals surface area (Å²) in [4.78, 5) is 58.4. The lowest BCUT2D eigenvalue weighted by molar-refractivity contribution is -0.199. The molecule has 4 aliphatic rings. The second-order valence-electron chi connectivity index (χ2n) is 18.0. The monoisotopic (exact) mass is 818 g/mol. The molecule has 2 aromatic carbocycles. The number of nitrogens with zero attached hydrogens (tertiary/aromatic N) is 1. The maximum atomic E-state index is 14.6. The van der Waals surface area contributed by atoms with E-state index >= 15 is 0 Å². The molecule has 3 unspecified atom stereocenters. The lowest BCUT2D eigenvalue weighted by Crippen LogP contribution is -2.65. The fraction of sp³-hybridized carbons (Fsp3) is 0.548. The quantitative estimate of drug-likeness (QED) is 0.0944. The highest BCUT2D eigenvalue weighted by molar-refractivity contribution is 7.13. The molecular weight excluding hydrogens is 763 g/mol. The summed E-state index contributed by atoms with van der Waals surface area (Å²) in [6.45, 7) is 17.2. The molecule has 14 nitrogen and oxygen atoms in total. The Labute approximate surface area is 344 Å². The number of nitrogens with one attached hydrogen (secondary N) is 3. The topological polar surface area (TPSA) is 173 Å². The first-order valence-electron chi connectivity index (χ1n) is 19.6. The number of hydrogen-bond acceptors (Lipinski definition) is 12. The van der Waals surface area contributed by atoms with Crippen LogP contribution in [0.2, 0.25) is 0 Å². The first kappa shape index (κ1) is 42.9. The van der Waals surface area contributed by atoms with Gasteiger partial charge in [-0.2, -0.15) is 0 Å². The van der Waals surface area contributed by atoms with Gasteiger partial charge in [-0.05, 0) is 102 Å². The second-order valence-corrected chi connectivity index (χ2v) is 18.9. The standard InChI is InChI=1S/C42H55BN4O10S/c1-39(2,3)54-35(49)27-18-14-17-25(33(27)52-10)19-31(43-56-30-21-26-20-29(41(26,7)8)42(30,9)57-43)45-34(48)32(46-38(51)55-40(4,5)6)28-23-58-36(44-28)47-37(50)53-22-24-15-12-11-13-16-24/h11-18,23,26,29-32H,19-22H2,1-10H3,(H,45,48)(H,46,51)(H,44,47,50)/t26-,29+,30?,31?,32?,42+/m1/s1. The summed E-state index contributed by atoms with van der Waals surface area (Å²) in [5.74, 6) is -1.01. The van der Waals surface area contributed by atoms with Crippen LogP contribution >= 0.6 is 11.3 Å². The fourth-order valence-corrected chi connectivity index (χ4v) is 9.01. The molecule has 3 N–H and O–H groups in total. The zero-order chi connectivity index (χ0) is 42.2. The van der Waals surface area contributed by atoms with E-state index in [1.807, 2.05) is 30.3 Å². The average molecular weight is 819 g/mol. The van der Waals surface area contributed by atoms with Gasteiger partial charge in [0.25, 0.3) is 0 Å². The molecule has 3 saturated carbocycles. The first-order chi connectivity index (χ1) is 27.2. The summed E-state index contributed by atoms with van der Waals surface area (Å²) in [6, 6.07) is 13.0. The molecule has 7 rings (SSSR count). The number of methoxy groups -OCH3 is 1. The van der Waals surface area contributed by atoms with Crippen LogP contribution in [0.15, 0.2) is 53.9 Å². The molecule has 312 valence electrons. The van der Waals surface area contributed by atoms with Crippen LogP contribution in [0.1, 0.15) is 108 Å². The second kappa shape index (κ2) is 16.5. The molecule has 1 saturated heterocycles. The van der Waals surface area contributed by atoms with Gasteiger partial charge in [0.2, 0.25) is 5.91 Å². The first-order valence-corrected chi connectivity index (χ1v) is 20.5. The Hall–Kier alpha value is -4.67. The highest BCUT2D eigenvalue weighted by Crippen LogP contribution is 2.65. The molecule has 4 fully saturated rings. The normalized spacial score (nSPS) is 23.0. The number of aromatic nitrogens is 1. The van der Waals surface area contributed by atoms with E-state index in [1.165, 1.54) is 7.11 Å². The molecule has 3 aromatic rings. The van der Waals surface area contributed by atoms with Crippen molar-refractivity contribution < 1.29 is 47.4 Å². The number of anilines is 1. The van der Waals surface area contributed by atoms with E-state index in [0.29, 0.717) is 17.2 Å². The van der Waals surface area contributed by atoms with Crippen molar-refractivity contribution >= 4 is 47.6 Å². The van der Waals surface area contributed by atoms with Crippen LogP contribution in [0, 0.1) is 17.3 Å². The van der Waals surface area contributed by atoms with Crippen LogP contribution in [0.3, 0.4) is 0 Å². The van der Waals surface area contributed by atoms with Crippen LogP contribution in [0.5, 0.6) is 5.75 Å². The van der Waals surface area contributed by atoms with Gasteiger partial charge < -0.3 is 38.9 Å². The highest BCUT2D eigenvalue weighted by atomic mass is 32.1. The summed E-state index contributed by atoms with van der Waals surface area (Å²) in [5, 5.41) is 10.1. The Morgan fingerprint density at radius 3 is 2.29 bits per heavy atom. The molecule has 0 spiro atoms. The Morgan fingerprint density at radius 1 is 0.931 bits per heavy atom. The smallest absolute Gasteiger partial charge is 0.482 e. The number of ether oxygens (including phenoxy) is 4. The van der Waals surface area contributed by atoms with Crippen LogP contribution in [0.4, 0.5) is 14.7 Å². The number of rotatable bonds is 12. The van der Waals surface area contributed by atoms with Crippen molar-refractivity contribution in [1.29, 1.82) is 0 Å². The minimum atomic E-state index is -1.37. The third-order valence-corrected chi connectivity index (χ3v) is 11.9. The molecule has 2 heterocycles. The lowest BCUT2D eigenvalue weighted by Gasteiger charge is -2.64. The van der Waals surface area contributed by atoms with E-state index in [9.17, 15) is 19.2 Å². The number of carbonyl (C=O) groups excluding carboxylic acids is 4. The SMILES string of the molecule is COc1c(CC(NC(=O)C(NC(=O)OC(C)(C)C)c2csc(NC(=O)OCc3ccccc3)n2)B2OC3C[C@H]4C[C@@H](C4(C)C)[C@]3(C)O2)cccc1C(=O)OC(C)(C)C. The van der Waals surface area contributed by atoms with Gasteiger partial charge in [0, 0.05) is 5.38 Å². The number of benzene rings is 2. The number of alkyl carbamates (subject to hydrolysis) is 1. The molecular formula is C42H55BN4O10S. The molecule has 6 atom stereocenters. The van der Waals surface area contributed by atoms with E-state index in [2.05, 4.69) is 41.7 Å². The number of hydrogen-bond donors (Lipinski definition) is 3. The summed E-state index contributed by atoms with van der Waals surface area (Å²) >= 11 is 1.06. The van der Waals surface area contributed by atoms with Crippen molar-refractivity contribution in [2.24, 2.45) is 17.3 Å². The largest absolute Gasteiger partial charge is 0.496 e. The van der Waals surface area contributed by atoms with E-state index in [4.69, 9.17) is 28.3 Å². The van der Waals surface area contributed by atoms with E-state index < -0.39 is 60.0 Å². The Balaban J connectivity index is 1.29. The lowest BCUT2D eigenvalue weighted by atomic mass is 9.43. The van der Waals surface area contributed by atoms with Gasteiger partial charge in [0.15, 0.2) is 11.2 Å². The third-order valence-electron chi connectivity index (χ3n) is 11.1. The van der Waals surface area contributed by atoms with Crippen molar-refractivity contribution in [2.75, 3.05) is 12.4 Å². The van der Waals surface area contributed by atoms with Gasteiger partial charge in [0.1, 0.15) is 29.1 Å². The molecule has 3 amide bonds. The van der Waals surface area contributed by atoms with Crippen molar-refractivity contribution in [3.05, 3.63) is 76.3 Å². The zero-order valence-corrected chi connectivity index (χ0v) is 35.7. The van der Waals surface area contributed by atoms with Gasteiger partial charge in [-0.3, -0.25) is 10.1 Å². The van der Waals surface area contributed by atoms with Crippen LogP contribution < -0.4 is 20.7 Å². The fourth-order valence-electron chi connectivity index (χ4n) is 8.29. The maximum Gasteiger partial charge on any atom is 0.482 e. The molecule has 58 heavy (non-hydrogen) atoms. The number of para-hydroxylation sites is 1. The molecule has 2 bridgehead atoms. The predicted molar refractivity (Wildman–Crippen MR) is 218 cm³/mol.